The number of nitrogens with one attached hydrogen (secondary N) is 2. The third-order valence-corrected chi connectivity index (χ3v) is 5.27. The summed E-state index contributed by atoms with van der Waals surface area (Å²) in [5.41, 5.74) is 0.754. The van der Waals surface area contributed by atoms with E-state index in [9.17, 15) is 9.18 Å². The molecule has 0 heterocycles. The fraction of sp³-hybridized carbons (Fsp3) is 0.654. The second-order valence-electron chi connectivity index (χ2n) is 9.43. The maximum absolute atomic E-state index is 14.1. The fourth-order valence-corrected chi connectivity index (χ4v) is 3.08. The molecule has 31 heavy (non-hydrogen) atoms. The molecule has 3 atom stereocenters. The molecule has 0 aliphatic carbocycles. The molecule has 1 aromatic rings. The highest BCUT2D eigenvalue weighted by atomic mass is 19.1. The lowest BCUT2D eigenvalue weighted by molar-refractivity contribution is -0.117. The van der Waals surface area contributed by atoms with Crippen LogP contribution in [0.3, 0.4) is 0 Å². The maximum Gasteiger partial charge on any atom is 0.165 e. The van der Waals surface area contributed by atoms with Crippen molar-refractivity contribution >= 4 is 11.9 Å². The average molecular weight is 435 g/mol. The van der Waals surface area contributed by atoms with Gasteiger partial charge >= 0.3 is 0 Å². The van der Waals surface area contributed by atoms with Crippen molar-refractivity contribution in [2.24, 2.45) is 11.8 Å². The van der Waals surface area contributed by atoms with E-state index in [0.29, 0.717) is 24.5 Å². The number of halogens is 1. The predicted octanol–water partition coefficient (Wildman–Crippen LogP) is 5.61. The smallest absolute Gasteiger partial charge is 0.165 e. The normalized spacial score (nSPS) is 14.9. The number of ketones is 1. The standard InChI is InChI=1S/C26H43FN2O2/c1-18(2)14-15-28-21(6)9-8-20(5)25(30)13-11-23-10-12-24(27)26(16-23)31-22(7)17-29-19(3)4/h10-13,16,18-22,28-29H,8-9,14-15,17H2,1-7H3/b13-11+/t20?,21?,22-/m1/s1. The second kappa shape index (κ2) is 14.4. The Hall–Kier alpha value is -1.72. The van der Waals surface area contributed by atoms with E-state index in [1.54, 1.807) is 24.3 Å². The Morgan fingerprint density at radius 3 is 2.39 bits per heavy atom. The molecule has 0 aliphatic heterocycles. The van der Waals surface area contributed by atoms with E-state index in [1.165, 1.54) is 6.07 Å². The van der Waals surface area contributed by atoms with Crippen molar-refractivity contribution in [3.8, 4) is 5.75 Å². The largest absolute Gasteiger partial charge is 0.486 e. The molecule has 176 valence electrons. The molecule has 0 saturated carbocycles. The number of hydrogen-bond acceptors (Lipinski definition) is 4. The summed E-state index contributed by atoms with van der Waals surface area (Å²) in [4.78, 5) is 12.5. The molecule has 5 heteroatoms. The van der Waals surface area contributed by atoms with Crippen molar-refractivity contribution < 1.29 is 13.9 Å². The van der Waals surface area contributed by atoms with Crippen molar-refractivity contribution in [1.82, 2.24) is 10.6 Å². The number of allylic oxidation sites excluding steroid dienone is 1. The number of hydrogen-bond donors (Lipinski definition) is 2. The molecule has 0 spiro atoms. The Balaban J connectivity index is 2.55. The Kier molecular flexibility index (Phi) is 12.7. The van der Waals surface area contributed by atoms with E-state index < -0.39 is 5.82 Å². The number of ether oxygens (including phenoxy) is 1. The topological polar surface area (TPSA) is 50.4 Å². The lowest BCUT2D eigenvalue weighted by Gasteiger charge is -2.18. The maximum atomic E-state index is 14.1. The SMILES string of the molecule is CC(C)CCNC(C)CCC(C)C(=O)/C=C/c1ccc(F)c(O[C@H](C)CNC(C)C)c1. The first-order chi connectivity index (χ1) is 14.6. The van der Waals surface area contributed by atoms with Crippen LogP contribution < -0.4 is 15.4 Å². The fourth-order valence-electron chi connectivity index (χ4n) is 3.08. The third kappa shape index (κ3) is 12.0. The first-order valence-electron chi connectivity index (χ1n) is 11.7. The van der Waals surface area contributed by atoms with Crippen LogP contribution in [0.15, 0.2) is 24.3 Å². The highest BCUT2D eigenvalue weighted by Gasteiger charge is 2.13. The summed E-state index contributed by atoms with van der Waals surface area (Å²) >= 11 is 0. The molecule has 0 amide bonds. The summed E-state index contributed by atoms with van der Waals surface area (Å²) in [5.74, 6) is 0.566. The Labute approximate surface area is 189 Å². The van der Waals surface area contributed by atoms with Crippen LogP contribution in [0.2, 0.25) is 0 Å². The van der Waals surface area contributed by atoms with E-state index in [4.69, 9.17) is 4.74 Å². The van der Waals surface area contributed by atoms with E-state index in [1.807, 2.05) is 13.8 Å². The highest BCUT2D eigenvalue weighted by molar-refractivity contribution is 5.95. The van der Waals surface area contributed by atoms with Crippen LogP contribution in [-0.2, 0) is 4.79 Å². The van der Waals surface area contributed by atoms with Gasteiger partial charge in [0.1, 0.15) is 6.10 Å². The predicted molar refractivity (Wildman–Crippen MR) is 129 cm³/mol. The van der Waals surface area contributed by atoms with E-state index in [-0.39, 0.29) is 23.6 Å². The lowest BCUT2D eigenvalue weighted by Crippen LogP contribution is -2.33. The van der Waals surface area contributed by atoms with Crippen LogP contribution in [0.4, 0.5) is 4.39 Å². The molecule has 2 unspecified atom stereocenters. The molecular weight excluding hydrogens is 391 g/mol. The number of benzene rings is 1. The zero-order valence-electron chi connectivity index (χ0n) is 20.5. The zero-order chi connectivity index (χ0) is 23.4. The summed E-state index contributed by atoms with van der Waals surface area (Å²) in [7, 11) is 0. The summed E-state index contributed by atoms with van der Waals surface area (Å²) in [6.45, 7) is 16.3. The van der Waals surface area contributed by atoms with Crippen molar-refractivity contribution in [3.05, 3.63) is 35.7 Å². The summed E-state index contributed by atoms with van der Waals surface area (Å²) in [6, 6.07) is 5.44. The van der Waals surface area contributed by atoms with Crippen molar-refractivity contribution in [3.63, 3.8) is 0 Å². The number of carbonyl (C=O) groups excluding carboxylic acids is 1. The van der Waals surface area contributed by atoms with Gasteiger partial charge in [-0.3, -0.25) is 4.79 Å². The third-order valence-electron chi connectivity index (χ3n) is 5.27. The molecule has 0 fully saturated rings. The first kappa shape index (κ1) is 27.3. The minimum absolute atomic E-state index is 0.0381. The van der Waals surface area contributed by atoms with E-state index in [0.717, 1.165) is 31.4 Å². The van der Waals surface area contributed by atoms with Gasteiger partial charge in [-0.15, -0.1) is 0 Å². The highest BCUT2D eigenvalue weighted by Crippen LogP contribution is 2.21. The second-order valence-corrected chi connectivity index (χ2v) is 9.43. The van der Waals surface area contributed by atoms with E-state index in [2.05, 4.69) is 45.3 Å². The number of carbonyl (C=O) groups is 1. The molecule has 0 bridgehead atoms. The van der Waals surface area contributed by atoms with Crippen LogP contribution in [0, 0.1) is 17.7 Å². The average Bonchev–Trinajstić information content (AvgIpc) is 2.70. The van der Waals surface area contributed by atoms with Gasteiger partial charge in [0.25, 0.3) is 0 Å². The zero-order valence-corrected chi connectivity index (χ0v) is 20.5. The van der Waals surface area contributed by atoms with Crippen LogP contribution in [-0.4, -0.2) is 37.1 Å². The monoisotopic (exact) mass is 434 g/mol. The Bertz CT molecular complexity index is 688. The van der Waals surface area contributed by atoms with Gasteiger partial charge in [0.2, 0.25) is 0 Å². The first-order valence-corrected chi connectivity index (χ1v) is 11.7. The van der Waals surface area contributed by atoms with Crippen LogP contribution >= 0.6 is 0 Å². The molecule has 1 rings (SSSR count). The molecule has 0 aromatic heterocycles. The molecule has 2 N–H and O–H groups in total. The van der Waals surface area contributed by atoms with Crippen LogP contribution in [0.5, 0.6) is 5.75 Å². The van der Waals surface area contributed by atoms with Gasteiger partial charge < -0.3 is 15.4 Å². The lowest BCUT2D eigenvalue weighted by atomic mass is 9.97. The minimum Gasteiger partial charge on any atom is -0.486 e. The minimum atomic E-state index is -0.396. The molecule has 0 saturated heterocycles. The van der Waals surface area contributed by atoms with Gasteiger partial charge in [0.05, 0.1) is 0 Å². The molecule has 0 aliphatic rings. The van der Waals surface area contributed by atoms with Gasteiger partial charge in [-0.25, -0.2) is 4.39 Å². The van der Waals surface area contributed by atoms with Crippen molar-refractivity contribution in [1.29, 1.82) is 0 Å². The Morgan fingerprint density at radius 1 is 1.03 bits per heavy atom. The van der Waals surface area contributed by atoms with Crippen molar-refractivity contribution in [2.75, 3.05) is 13.1 Å². The molecular formula is C26H43FN2O2. The quantitative estimate of drug-likeness (QED) is 0.352. The summed E-state index contributed by atoms with van der Waals surface area (Å²) in [6.07, 6.45) is 6.16. The van der Waals surface area contributed by atoms with Gasteiger partial charge in [0.15, 0.2) is 17.3 Å². The van der Waals surface area contributed by atoms with Gasteiger partial charge in [-0.1, -0.05) is 46.8 Å². The Morgan fingerprint density at radius 2 is 1.74 bits per heavy atom. The molecule has 4 nitrogen and oxygen atoms in total. The summed E-state index contributed by atoms with van der Waals surface area (Å²) in [5, 5.41) is 6.80. The van der Waals surface area contributed by atoms with Gasteiger partial charge in [0, 0.05) is 24.5 Å². The van der Waals surface area contributed by atoms with Crippen LogP contribution in [0.1, 0.15) is 73.3 Å². The van der Waals surface area contributed by atoms with Crippen molar-refractivity contribution in [2.45, 2.75) is 85.9 Å². The molecule has 1 aromatic carbocycles. The van der Waals surface area contributed by atoms with Gasteiger partial charge in [-0.05, 0) is 69.3 Å². The number of rotatable bonds is 15. The molecule has 0 radical (unpaired) electrons. The van der Waals surface area contributed by atoms with Gasteiger partial charge in [-0.2, -0.15) is 0 Å². The summed E-state index contributed by atoms with van der Waals surface area (Å²) < 4.78 is 19.9. The van der Waals surface area contributed by atoms with Crippen LogP contribution in [0.25, 0.3) is 6.08 Å². The van der Waals surface area contributed by atoms with E-state index >= 15 is 0 Å².